The lowest BCUT2D eigenvalue weighted by molar-refractivity contribution is 0.422. The molecule has 0 aliphatic heterocycles. The van der Waals surface area contributed by atoms with Gasteiger partial charge in [0.1, 0.15) is 11.6 Å². The molecule has 1 heterocycles. The first-order valence-corrected chi connectivity index (χ1v) is 5.17. The number of hydrogen-bond acceptors (Lipinski definition) is 3. The average molecular weight is 268 g/mol. The third-order valence-corrected chi connectivity index (χ3v) is 2.55. The van der Waals surface area contributed by atoms with Crippen LogP contribution in [-0.2, 0) is 7.05 Å². The van der Waals surface area contributed by atoms with Crippen LogP contribution >= 0.6 is 15.9 Å². The molecule has 0 bridgehead atoms. The van der Waals surface area contributed by atoms with Crippen LogP contribution in [-0.4, -0.2) is 9.55 Å². The van der Waals surface area contributed by atoms with Crippen molar-refractivity contribution in [1.29, 1.82) is 0 Å². The maximum absolute atomic E-state index is 5.59. The van der Waals surface area contributed by atoms with Crippen molar-refractivity contribution in [2.24, 2.45) is 7.05 Å². The summed E-state index contributed by atoms with van der Waals surface area (Å²) in [5.74, 6) is 1.16. The molecule has 0 radical (unpaired) electrons. The molecule has 2 rings (SSSR count). The second-order valence-electron chi connectivity index (χ2n) is 3.09. The molecule has 5 heteroatoms. The van der Waals surface area contributed by atoms with E-state index in [4.69, 9.17) is 10.5 Å². The predicted molar refractivity (Wildman–Crippen MR) is 61.8 cm³/mol. The summed E-state index contributed by atoms with van der Waals surface area (Å²) in [7, 11) is 1.83. The fourth-order valence-corrected chi connectivity index (χ4v) is 1.56. The van der Waals surface area contributed by atoms with Crippen molar-refractivity contribution >= 4 is 21.7 Å². The van der Waals surface area contributed by atoms with E-state index in [2.05, 4.69) is 20.9 Å². The largest absolute Gasteiger partial charge is 0.424 e. The van der Waals surface area contributed by atoms with Gasteiger partial charge < -0.3 is 15.0 Å². The summed E-state index contributed by atoms with van der Waals surface area (Å²) in [4.78, 5) is 4.04. The Bertz CT molecular complexity index is 481. The number of nitrogens with two attached hydrogens (primary N) is 1. The van der Waals surface area contributed by atoms with E-state index in [1.54, 1.807) is 10.8 Å². The monoisotopic (exact) mass is 267 g/mol. The van der Waals surface area contributed by atoms with Gasteiger partial charge in [0.05, 0.1) is 10.7 Å². The quantitative estimate of drug-likeness (QED) is 0.910. The highest BCUT2D eigenvalue weighted by atomic mass is 79.9. The van der Waals surface area contributed by atoms with Crippen molar-refractivity contribution in [2.45, 2.75) is 0 Å². The Morgan fingerprint density at radius 1 is 1.40 bits per heavy atom. The number of rotatable bonds is 2. The summed E-state index contributed by atoms with van der Waals surface area (Å²) < 4.78 is 8.20. The van der Waals surface area contributed by atoms with Crippen molar-refractivity contribution in [3.8, 4) is 11.8 Å². The molecule has 0 fully saturated rings. The molecular formula is C10H10BrN3O. The van der Waals surface area contributed by atoms with E-state index in [9.17, 15) is 0 Å². The fourth-order valence-electron chi connectivity index (χ4n) is 1.19. The third-order valence-electron chi connectivity index (χ3n) is 1.89. The third kappa shape index (κ3) is 2.12. The second kappa shape index (κ2) is 3.94. The molecule has 0 aliphatic carbocycles. The lowest BCUT2D eigenvalue weighted by Crippen LogP contribution is -1.93. The number of hydrogen-bond donors (Lipinski definition) is 1. The molecule has 1 aromatic carbocycles. The molecule has 0 unspecified atom stereocenters. The normalized spacial score (nSPS) is 10.3. The van der Waals surface area contributed by atoms with Crippen LogP contribution in [0.3, 0.4) is 0 Å². The van der Waals surface area contributed by atoms with Crippen molar-refractivity contribution < 1.29 is 4.74 Å². The van der Waals surface area contributed by atoms with E-state index < -0.39 is 0 Å². The summed E-state index contributed by atoms with van der Waals surface area (Å²) >= 11 is 3.39. The SMILES string of the molecule is Cn1cc(N)nc1Oc1ccccc1Br. The molecule has 0 saturated carbocycles. The Morgan fingerprint density at radius 3 is 2.73 bits per heavy atom. The minimum absolute atomic E-state index is 0.444. The molecule has 0 aliphatic rings. The van der Waals surface area contributed by atoms with Crippen LogP contribution in [0.2, 0.25) is 0 Å². The van der Waals surface area contributed by atoms with Crippen LogP contribution in [0.25, 0.3) is 0 Å². The lowest BCUT2D eigenvalue weighted by Gasteiger charge is -2.05. The highest BCUT2D eigenvalue weighted by molar-refractivity contribution is 9.10. The van der Waals surface area contributed by atoms with Crippen LogP contribution < -0.4 is 10.5 Å². The molecular weight excluding hydrogens is 258 g/mol. The minimum atomic E-state index is 0.444. The first-order chi connectivity index (χ1) is 7.16. The number of halogens is 1. The highest BCUT2D eigenvalue weighted by Crippen LogP contribution is 2.28. The van der Waals surface area contributed by atoms with E-state index in [0.29, 0.717) is 17.6 Å². The molecule has 1 aromatic heterocycles. The molecule has 15 heavy (non-hydrogen) atoms. The molecule has 0 amide bonds. The Hall–Kier alpha value is -1.49. The smallest absolute Gasteiger partial charge is 0.303 e. The molecule has 0 saturated heterocycles. The van der Waals surface area contributed by atoms with Crippen molar-refractivity contribution in [3.63, 3.8) is 0 Å². The maximum Gasteiger partial charge on any atom is 0.303 e. The van der Waals surface area contributed by atoms with Crippen LogP contribution in [0, 0.1) is 0 Å². The van der Waals surface area contributed by atoms with Crippen molar-refractivity contribution in [3.05, 3.63) is 34.9 Å². The first-order valence-electron chi connectivity index (χ1n) is 4.38. The summed E-state index contributed by atoms with van der Waals surface area (Å²) in [6.45, 7) is 0. The lowest BCUT2D eigenvalue weighted by atomic mass is 10.3. The topological polar surface area (TPSA) is 53.1 Å². The summed E-state index contributed by atoms with van der Waals surface area (Å²) in [6, 6.07) is 8.05. The zero-order valence-electron chi connectivity index (χ0n) is 8.14. The van der Waals surface area contributed by atoms with Gasteiger partial charge in [0.2, 0.25) is 0 Å². The van der Waals surface area contributed by atoms with Crippen LogP contribution in [0.4, 0.5) is 5.82 Å². The number of nitrogens with zero attached hydrogens (tertiary/aromatic N) is 2. The van der Waals surface area contributed by atoms with E-state index >= 15 is 0 Å². The maximum atomic E-state index is 5.59. The van der Waals surface area contributed by atoms with Crippen LogP contribution in [0.5, 0.6) is 11.8 Å². The van der Waals surface area contributed by atoms with Crippen molar-refractivity contribution in [1.82, 2.24) is 9.55 Å². The minimum Gasteiger partial charge on any atom is -0.424 e. The zero-order valence-corrected chi connectivity index (χ0v) is 9.73. The summed E-state index contributed by atoms with van der Waals surface area (Å²) in [5.41, 5.74) is 5.55. The first kappa shape index (κ1) is 10.0. The number of anilines is 1. The number of aryl methyl sites for hydroxylation is 1. The van der Waals surface area contributed by atoms with Gasteiger partial charge in [-0.25, -0.2) is 0 Å². The van der Waals surface area contributed by atoms with Crippen LogP contribution in [0.15, 0.2) is 34.9 Å². The van der Waals surface area contributed by atoms with E-state index in [1.165, 1.54) is 0 Å². The number of para-hydroxylation sites is 1. The van der Waals surface area contributed by atoms with Gasteiger partial charge in [-0.1, -0.05) is 12.1 Å². The summed E-state index contributed by atoms with van der Waals surface area (Å²) in [6.07, 6.45) is 1.70. The van der Waals surface area contributed by atoms with Crippen LogP contribution in [0.1, 0.15) is 0 Å². The van der Waals surface area contributed by atoms with E-state index in [0.717, 1.165) is 4.47 Å². The van der Waals surface area contributed by atoms with Gasteiger partial charge in [-0.2, -0.15) is 4.98 Å². The number of ether oxygens (including phenoxy) is 1. The van der Waals surface area contributed by atoms with E-state index in [1.807, 2.05) is 31.3 Å². The molecule has 2 aromatic rings. The van der Waals surface area contributed by atoms with Crippen molar-refractivity contribution in [2.75, 3.05) is 5.73 Å². The average Bonchev–Trinajstić information content (AvgIpc) is 2.49. The van der Waals surface area contributed by atoms with Gasteiger partial charge in [-0.05, 0) is 28.1 Å². The standard InChI is InChI=1S/C10H10BrN3O/c1-14-6-9(12)13-10(14)15-8-5-3-2-4-7(8)11/h2-6H,12H2,1H3. The number of nitrogen functional groups attached to an aromatic ring is 1. The molecule has 0 spiro atoms. The van der Waals surface area contributed by atoms with Gasteiger partial charge in [0.15, 0.2) is 0 Å². The van der Waals surface area contributed by atoms with Gasteiger partial charge >= 0.3 is 6.01 Å². The van der Waals surface area contributed by atoms with Gasteiger partial charge in [0, 0.05) is 7.05 Å². The molecule has 4 nitrogen and oxygen atoms in total. The Morgan fingerprint density at radius 2 is 2.13 bits per heavy atom. The summed E-state index contributed by atoms with van der Waals surface area (Å²) in [5, 5.41) is 0. The zero-order chi connectivity index (χ0) is 10.8. The Kier molecular flexibility index (Phi) is 2.64. The number of benzene rings is 1. The molecule has 2 N–H and O–H groups in total. The Labute approximate surface area is 95.8 Å². The second-order valence-corrected chi connectivity index (χ2v) is 3.95. The Balaban J connectivity index is 2.29. The molecule has 0 atom stereocenters. The van der Waals surface area contributed by atoms with Gasteiger partial charge in [-0.15, -0.1) is 0 Å². The predicted octanol–water partition coefficient (Wildman–Crippen LogP) is 2.56. The van der Waals surface area contributed by atoms with Gasteiger partial charge in [-0.3, -0.25) is 0 Å². The van der Waals surface area contributed by atoms with Gasteiger partial charge in [0.25, 0.3) is 0 Å². The molecule has 78 valence electrons. The fraction of sp³-hybridized carbons (Fsp3) is 0.100. The number of imidazole rings is 1. The number of aromatic nitrogens is 2. The van der Waals surface area contributed by atoms with E-state index in [-0.39, 0.29) is 0 Å². The highest BCUT2D eigenvalue weighted by Gasteiger charge is 2.07.